The zero-order chi connectivity index (χ0) is 17.6. The van der Waals surface area contributed by atoms with Crippen LogP contribution in [-0.2, 0) is 0 Å². The normalized spacial score (nSPS) is 11.2. The van der Waals surface area contributed by atoms with Gasteiger partial charge in [0.15, 0.2) is 0 Å². The van der Waals surface area contributed by atoms with Gasteiger partial charge in [0.05, 0.1) is 11.3 Å². The van der Waals surface area contributed by atoms with Gasteiger partial charge in [-0.05, 0) is 24.3 Å². The van der Waals surface area contributed by atoms with E-state index in [-0.39, 0.29) is 11.3 Å². The lowest BCUT2D eigenvalue weighted by molar-refractivity contribution is 0.0952. The molecule has 124 valence electrons. The number of benzene rings is 3. The van der Waals surface area contributed by atoms with Gasteiger partial charge < -0.3 is 5.11 Å². The van der Waals surface area contributed by atoms with Crippen molar-refractivity contribution < 1.29 is 9.90 Å². The predicted molar refractivity (Wildman–Crippen MR) is 102 cm³/mol. The standard InChI is InChI=1S/C20H15BrN2O2/c21-16-12-10-15(11-13-16)19(14-6-2-1-3-7-14)22-23-20(25)17-8-4-5-9-18(17)24/h1-13,24H,(H,23,25)/b22-19+. The fraction of sp³-hybridized carbons (Fsp3) is 0. The van der Waals surface area contributed by atoms with Gasteiger partial charge in [-0.1, -0.05) is 70.5 Å². The van der Waals surface area contributed by atoms with Gasteiger partial charge in [0.1, 0.15) is 5.75 Å². The molecule has 0 spiro atoms. The summed E-state index contributed by atoms with van der Waals surface area (Å²) < 4.78 is 0.960. The van der Waals surface area contributed by atoms with E-state index < -0.39 is 5.91 Å². The van der Waals surface area contributed by atoms with Crippen LogP contribution in [0.1, 0.15) is 21.5 Å². The molecule has 0 aliphatic carbocycles. The summed E-state index contributed by atoms with van der Waals surface area (Å²) in [6.07, 6.45) is 0. The number of hydrogen-bond donors (Lipinski definition) is 2. The number of halogens is 1. The maximum absolute atomic E-state index is 12.3. The summed E-state index contributed by atoms with van der Waals surface area (Å²) in [6.45, 7) is 0. The van der Waals surface area contributed by atoms with Crippen molar-refractivity contribution >= 4 is 27.5 Å². The van der Waals surface area contributed by atoms with Gasteiger partial charge in [0.25, 0.3) is 5.91 Å². The van der Waals surface area contributed by atoms with Crippen LogP contribution in [0.25, 0.3) is 0 Å². The number of phenolic OH excluding ortho intramolecular Hbond substituents is 1. The third-order valence-corrected chi connectivity index (χ3v) is 4.11. The Morgan fingerprint density at radius 1 is 0.840 bits per heavy atom. The first-order chi connectivity index (χ1) is 12.1. The number of hydrazone groups is 1. The lowest BCUT2D eigenvalue weighted by atomic mass is 10.0. The molecule has 2 N–H and O–H groups in total. The lowest BCUT2D eigenvalue weighted by Gasteiger charge is -2.09. The van der Waals surface area contributed by atoms with Crippen LogP contribution in [0.15, 0.2) is 88.4 Å². The van der Waals surface area contributed by atoms with E-state index in [0.29, 0.717) is 5.71 Å². The number of nitrogens with zero attached hydrogens (tertiary/aromatic N) is 1. The van der Waals surface area contributed by atoms with Gasteiger partial charge in [-0.15, -0.1) is 0 Å². The van der Waals surface area contributed by atoms with Crippen LogP contribution >= 0.6 is 15.9 Å². The number of para-hydroxylation sites is 1. The quantitative estimate of drug-likeness (QED) is 0.510. The van der Waals surface area contributed by atoms with E-state index in [1.165, 1.54) is 6.07 Å². The molecule has 4 nitrogen and oxygen atoms in total. The minimum atomic E-state index is -0.469. The number of nitrogens with one attached hydrogen (secondary N) is 1. The Morgan fingerprint density at radius 2 is 1.44 bits per heavy atom. The number of aromatic hydroxyl groups is 1. The minimum absolute atomic E-state index is 0.0832. The molecule has 3 aromatic carbocycles. The Morgan fingerprint density at radius 3 is 2.12 bits per heavy atom. The summed E-state index contributed by atoms with van der Waals surface area (Å²) in [5.41, 5.74) is 5.08. The van der Waals surface area contributed by atoms with Crippen LogP contribution in [0.2, 0.25) is 0 Å². The third-order valence-electron chi connectivity index (χ3n) is 3.58. The molecule has 5 heteroatoms. The molecule has 0 bridgehead atoms. The number of rotatable bonds is 4. The SMILES string of the molecule is O=C(N/N=C(\c1ccccc1)c1ccc(Br)cc1)c1ccccc1O. The van der Waals surface area contributed by atoms with E-state index in [2.05, 4.69) is 26.5 Å². The van der Waals surface area contributed by atoms with Crippen molar-refractivity contribution in [3.63, 3.8) is 0 Å². The van der Waals surface area contributed by atoms with Crippen LogP contribution in [0, 0.1) is 0 Å². The van der Waals surface area contributed by atoms with Gasteiger partial charge in [-0.3, -0.25) is 4.79 Å². The van der Waals surface area contributed by atoms with Crippen molar-refractivity contribution in [2.75, 3.05) is 0 Å². The topological polar surface area (TPSA) is 61.7 Å². The van der Waals surface area contributed by atoms with Crippen molar-refractivity contribution in [3.8, 4) is 5.75 Å². The molecule has 0 radical (unpaired) electrons. The van der Waals surface area contributed by atoms with Crippen LogP contribution < -0.4 is 5.43 Å². The molecule has 0 heterocycles. The number of carbonyl (C=O) groups is 1. The molecule has 0 atom stereocenters. The van der Waals surface area contributed by atoms with Crippen LogP contribution in [0.5, 0.6) is 5.75 Å². The zero-order valence-electron chi connectivity index (χ0n) is 13.2. The maximum Gasteiger partial charge on any atom is 0.275 e. The smallest absolute Gasteiger partial charge is 0.275 e. The number of hydrogen-bond acceptors (Lipinski definition) is 3. The summed E-state index contributed by atoms with van der Waals surface area (Å²) in [5, 5.41) is 14.1. The Kier molecular flexibility index (Phi) is 5.26. The van der Waals surface area contributed by atoms with Gasteiger partial charge >= 0.3 is 0 Å². The highest BCUT2D eigenvalue weighted by atomic mass is 79.9. The van der Waals surface area contributed by atoms with Gasteiger partial charge in [-0.25, -0.2) is 5.43 Å². The van der Waals surface area contributed by atoms with E-state index in [9.17, 15) is 9.90 Å². The molecule has 0 unspecified atom stereocenters. The van der Waals surface area contributed by atoms with Crippen LogP contribution in [-0.4, -0.2) is 16.7 Å². The summed E-state index contributed by atoms with van der Waals surface area (Å²) >= 11 is 3.41. The van der Waals surface area contributed by atoms with Gasteiger partial charge in [0, 0.05) is 15.6 Å². The molecule has 3 rings (SSSR count). The first-order valence-electron chi connectivity index (χ1n) is 7.62. The van der Waals surface area contributed by atoms with Crippen molar-refractivity contribution in [2.24, 2.45) is 5.10 Å². The zero-order valence-corrected chi connectivity index (χ0v) is 14.8. The highest BCUT2D eigenvalue weighted by molar-refractivity contribution is 9.10. The molecule has 0 saturated heterocycles. The Hall–Kier alpha value is -2.92. The van der Waals surface area contributed by atoms with Crippen molar-refractivity contribution in [3.05, 3.63) is 100 Å². The van der Waals surface area contributed by atoms with E-state index >= 15 is 0 Å². The monoisotopic (exact) mass is 394 g/mol. The molecular formula is C20H15BrN2O2. The lowest BCUT2D eigenvalue weighted by Crippen LogP contribution is -2.20. The summed E-state index contributed by atoms with van der Waals surface area (Å²) in [7, 11) is 0. The maximum atomic E-state index is 12.3. The Bertz CT molecular complexity index is 906. The van der Waals surface area contributed by atoms with Crippen LogP contribution in [0.4, 0.5) is 0 Å². The highest BCUT2D eigenvalue weighted by Gasteiger charge is 2.11. The molecule has 0 aromatic heterocycles. The average Bonchev–Trinajstić information content (AvgIpc) is 2.64. The van der Waals surface area contributed by atoms with Crippen LogP contribution in [0.3, 0.4) is 0 Å². The molecule has 3 aromatic rings. The van der Waals surface area contributed by atoms with Gasteiger partial charge in [-0.2, -0.15) is 5.10 Å². The number of carbonyl (C=O) groups excluding carboxylic acids is 1. The second kappa shape index (κ2) is 7.77. The molecule has 25 heavy (non-hydrogen) atoms. The number of amides is 1. The summed E-state index contributed by atoms with van der Waals surface area (Å²) in [5.74, 6) is -0.552. The van der Waals surface area contributed by atoms with Crippen molar-refractivity contribution in [1.82, 2.24) is 5.43 Å². The first-order valence-corrected chi connectivity index (χ1v) is 8.42. The van der Waals surface area contributed by atoms with E-state index in [1.807, 2.05) is 54.6 Å². The van der Waals surface area contributed by atoms with E-state index in [4.69, 9.17) is 0 Å². The molecule has 1 amide bonds. The molecule has 0 fully saturated rings. The van der Waals surface area contributed by atoms with E-state index in [1.54, 1.807) is 18.2 Å². The van der Waals surface area contributed by atoms with E-state index in [0.717, 1.165) is 15.6 Å². The Labute approximate surface area is 154 Å². The predicted octanol–water partition coefficient (Wildman–Crippen LogP) is 4.34. The first kappa shape index (κ1) is 16.9. The molecule has 0 aliphatic rings. The molecule has 0 saturated carbocycles. The fourth-order valence-electron chi connectivity index (χ4n) is 2.33. The van der Waals surface area contributed by atoms with Crippen molar-refractivity contribution in [1.29, 1.82) is 0 Å². The Balaban J connectivity index is 1.94. The number of phenols is 1. The second-order valence-electron chi connectivity index (χ2n) is 5.29. The third kappa shape index (κ3) is 4.14. The van der Waals surface area contributed by atoms with Crippen molar-refractivity contribution in [2.45, 2.75) is 0 Å². The fourth-order valence-corrected chi connectivity index (χ4v) is 2.60. The average molecular weight is 395 g/mol. The largest absolute Gasteiger partial charge is 0.507 e. The summed E-state index contributed by atoms with van der Waals surface area (Å²) in [4.78, 5) is 12.3. The minimum Gasteiger partial charge on any atom is -0.507 e. The molecular weight excluding hydrogens is 380 g/mol. The summed E-state index contributed by atoms with van der Waals surface area (Å²) in [6, 6.07) is 23.6. The molecule has 0 aliphatic heterocycles. The highest BCUT2D eigenvalue weighted by Crippen LogP contribution is 2.17. The van der Waals surface area contributed by atoms with Gasteiger partial charge in [0.2, 0.25) is 0 Å². The second-order valence-corrected chi connectivity index (χ2v) is 6.21.